The van der Waals surface area contributed by atoms with Crippen molar-refractivity contribution in [3.8, 4) is 0 Å². The molecule has 1 aromatic heterocycles. The van der Waals surface area contributed by atoms with Crippen LogP contribution in [0.3, 0.4) is 0 Å². The highest BCUT2D eigenvalue weighted by Gasteiger charge is 2.51. The van der Waals surface area contributed by atoms with Crippen LogP contribution in [-0.4, -0.2) is 26.4 Å². The highest BCUT2D eigenvalue weighted by Crippen LogP contribution is 2.60. The van der Waals surface area contributed by atoms with E-state index in [1.807, 2.05) is 24.5 Å². The molecular formula is C18H18Cl2N2O2S. The molecule has 7 heteroatoms. The van der Waals surface area contributed by atoms with Gasteiger partial charge in [0.2, 0.25) is 0 Å². The summed E-state index contributed by atoms with van der Waals surface area (Å²) >= 11 is 13.8. The SMILES string of the molecule is CSc1nc(Cl)c(CO)c(C[C@]2(O)C[C@@H]3C[C@@H]3c3ccc(Cl)cc32)n1. The van der Waals surface area contributed by atoms with Gasteiger partial charge in [0.1, 0.15) is 5.15 Å². The van der Waals surface area contributed by atoms with Crippen molar-refractivity contribution in [1.82, 2.24) is 9.97 Å². The Kier molecular flexibility index (Phi) is 4.49. The summed E-state index contributed by atoms with van der Waals surface area (Å²) in [4.78, 5) is 8.69. The van der Waals surface area contributed by atoms with E-state index in [4.69, 9.17) is 23.2 Å². The van der Waals surface area contributed by atoms with Gasteiger partial charge < -0.3 is 10.2 Å². The molecule has 1 heterocycles. The minimum absolute atomic E-state index is 0.242. The number of hydrogen-bond donors (Lipinski definition) is 2. The van der Waals surface area contributed by atoms with Crippen molar-refractivity contribution < 1.29 is 10.2 Å². The number of thioether (sulfide) groups is 1. The van der Waals surface area contributed by atoms with Crippen molar-refractivity contribution in [3.63, 3.8) is 0 Å². The first kappa shape index (κ1) is 17.6. The lowest BCUT2D eigenvalue weighted by molar-refractivity contribution is 0.0144. The van der Waals surface area contributed by atoms with Crippen LogP contribution >= 0.6 is 35.0 Å². The van der Waals surface area contributed by atoms with Gasteiger partial charge in [0.05, 0.1) is 17.9 Å². The Labute approximate surface area is 160 Å². The van der Waals surface area contributed by atoms with E-state index >= 15 is 0 Å². The number of aromatic nitrogens is 2. The maximum atomic E-state index is 11.5. The standard InChI is InChI=1S/C18H18Cl2N2O2S/c1-25-17-21-15(13(8-23)16(20)22-17)7-18(24)6-9-4-12(9)11-3-2-10(19)5-14(11)18/h2-3,5,9,12,23-24H,4,6-8H2,1H3/t9-,12-,18+/m0/s1. The Bertz CT molecular complexity index is 848. The Morgan fingerprint density at radius 1 is 1.32 bits per heavy atom. The van der Waals surface area contributed by atoms with Gasteiger partial charge in [-0.15, -0.1) is 0 Å². The lowest BCUT2D eigenvalue weighted by Gasteiger charge is -2.35. The highest BCUT2D eigenvalue weighted by atomic mass is 35.5. The molecule has 0 amide bonds. The third-order valence-electron chi connectivity index (χ3n) is 5.26. The summed E-state index contributed by atoms with van der Waals surface area (Å²) in [6.07, 6.45) is 3.93. The Balaban J connectivity index is 1.79. The zero-order valence-corrected chi connectivity index (χ0v) is 16.0. The molecule has 2 aromatic rings. The zero-order valence-electron chi connectivity index (χ0n) is 13.7. The van der Waals surface area contributed by atoms with Gasteiger partial charge in [-0.05, 0) is 54.2 Å². The van der Waals surface area contributed by atoms with Crippen LogP contribution in [0, 0.1) is 5.92 Å². The summed E-state index contributed by atoms with van der Waals surface area (Å²) in [7, 11) is 0. The fraction of sp³-hybridized carbons (Fsp3) is 0.444. The van der Waals surface area contributed by atoms with Gasteiger partial charge in [0, 0.05) is 17.0 Å². The normalized spacial score (nSPS) is 26.9. The number of nitrogens with zero attached hydrogens (tertiary/aromatic N) is 2. The van der Waals surface area contributed by atoms with Gasteiger partial charge in [-0.3, -0.25) is 0 Å². The Morgan fingerprint density at radius 2 is 2.12 bits per heavy atom. The largest absolute Gasteiger partial charge is 0.391 e. The molecule has 1 aromatic carbocycles. The van der Waals surface area contributed by atoms with Crippen molar-refractivity contribution in [2.24, 2.45) is 5.92 Å². The number of fused-ring (bicyclic) bond motifs is 3. The van der Waals surface area contributed by atoms with E-state index in [-0.39, 0.29) is 18.2 Å². The number of rotatable bonds is 4. The van der Waals surface area contributed by atoms with Crippen molar-refractivity contribution in [1.29, 1.82) is 0 Å². The molecule has 0 aliphatic heterocycles. The fourth-order valence-electron chi connectivity index (χ4n) is 3.97. The molecule has 0 bridgehead atoms. The van der Waals surface area contributed by atoms with Gasteiger partial charge in [-0.2, -0.15) is 0 Å². The van der Waals surface area contributed by atoms with E-state index in [1.165, 1.54) is 17.3 Å². The molecule has 0 spiro atoms. The molecule has 2 aliphatic carbocycles. The molecule has 1 saturated carbocycles. The second-order valence-corrected chi connectivity index (χ2v) is 8.40. The number of aliphatic hydroxyl groups is 2. The maximum Gasteiger partial charge on any atom is 0.188 e. The minimum Gasteiger partial charge on any atom is -0.391 e. The number of halogens is 2. The highest BCUT2D eigenvalue weighted by molar-refractivity contribution is 7.98. The monoisotopic (exact) mass is 396 g/mol. The van der Waals surface area contributed by atoms with Crippen molar-refractivity contribution in [2.75, 3.05) is 6.26 Å². The smallest absolute Gasteiger partial charge is 0.188 e. The molecule has 2 aliphatic rings. The number of hydrogen-bond acceptors (Lipinski definition) is 5. The molecule has 0 unspecified atom stereocenters. The van der Waals surface area contributed by atoms with E-state index in [2.05, 4.69) is 9.97 Å². The number of aliphatic hydroxyl groups excluding tert-OH is 1. The summed E-state index contributed by atoms with van der Waals surface area (Å²) in [5.74, 6) is 1.02. The van der Waals surface area contributed by atoms with Gasteiger partial charge in [0.15, 0.2) is 5.16 Å². The molecule has 3 atom stereocenters. The van der Waals surface area contributed by atoms with Gasteiger partial charge in [-0.1, -0.05) is 41.0 Å². The topological polar surface area (TPSA) is 66.2 Å². The van der Waals surface area contributed by atoms with Gasteiger partial charge in [0.25, 0.3) is 0 Å². The minimum atomic E-state index is -1.06. The zero-order chi connectivity index (χ0) is 17.8. The van der Waals surface area contributed by atoms with Crippen LogP contribution in [0.5, 0.6) is 0 Å². The van der Waals surface area contributed by atoms with Crippen molar-refractivity contribution >= 4 is 35.0 Å². The third-order valence-corrected chi connectivity index (χ3v) is 6.36. The average Bonchev–Trinajstić information content (AvgIpc) is 3.33. The van der Waals surface area contributed by atoms with Crippen LogP contribution < -0.4 is 0 Å². The first-order valence-electron chi connectivity index (χ1n) is 8.17. The van der Waals surface area contributed by atoms with Gasteiger partial charge in [-0.25, -0.2) is 9.97 Å². The summed E-state index contributed by atoms with van der Waals surface area (Å²) in [6.45, 7) is -0.257. The van der Waals surface area contributed by atoms with E-state index in [9.17, 15) is 10.2 Å². The maximum absolute atomic E-state index is 11.5. The predicted octanol–water partition coefficient (Wildman–Crippen LogP) is 3.94. The quantitative estimate of drug-likeness (QED) is 0.465. The molecule has 4 nitrogen and oxygen atoms in total. The molecule has 0 saturated heterocycles. The molecule has 4 rings (SSSR count). The van der Waals surface area contributed by atoms with E-state index in [1.54, 1.807) is 0 Å². The second kappa shape index (κ2) is 6.39. The average molecular weight is 397 g/mol. The molecule has 2 N–H and O–H groups in total. The first-order valence-corrected chi connectivity index (χ1v) is 10.2. The van der Waals surface area contributed by atoms with Crippen LogP contribution in [0.1, 0.15) is 41.1 Å². The second-order valence-electron chi connectivity index (χ2n) is 6.83. The lowest BCUT2D eigenvalue weighted by Crippen LogP contribution is -2.34. The molecular weight excluding hydrogens is 379 g/mol. The molecule has 132 valence electrons. The summed E-state index contributed by atoms with van der Waals surface area (Å²) < 4.78 is 0. The summed E-state index contributed by atoms with van der Waals surface area (Å²) in [5, 5.41) is 22.6. The lowest BCUT2D eigenvalue weighted by atomic mass is 9.76. The van der Waals surface area contributed by atoms with Crippen molar-refractivity contribution in [2.45, 2.75) is 42.5 Å². The van der Waals surface area contributed by atoms with E-state index in [0.29, 0.717) is 39.7 Å². The first-order chi connectivity index (χ1) is 11.9. The Hall–Kier alpha value is -0.850. The summed E-state index contributed by atoms with van der Waals surface area (Å²) in [6, 6.07) is 5.77. The fourth-order valence-corrected chi connectivity index (χ4v) is 4.82. The van der Waals surface area contributed by atoms with Crippen LogP contribution in [0.4, 0.5) is 0 Å². The van der Waals surface area contributed by atoms with Crippen LogP contribution in [0.2, 0.25) is 10.2 Å². The van der Waals surface area contributed by atoms with Crippen LogP contribution in [-0.2, 0) is 18.6 Å². The van der Waals surface area contributed by atoms with Crippen LogP contribution in [0.15, 0.2) is 23.4 Å². The van der Waals surface area contributed by atoms with Crippen LogP contribution in [0.25, 0.3) is 0 Å². The van der Waals surface area contributed by atoms with E-state index in [0.717, 1.165) is 12.0 Å². The predicted molar refractivity (Wildman–Crippen MR) is 99.3 cm³/mol. The Morgan fingerprint density at radius 3 is 2.84 bits per heavy atom. The van der Waals surface area contributed by atoms with Crippen molar-refractivity contribution in [3.05, 3.63) is 50.8 Å². The van der Waals surface area contributed by atoms with Gasteiger partial charge >= 0.3 is 0 Å². The van der Waals surface area contributed by atoms with E-state index < -0.39 is 5.60 Å². The molecule has 1 fully saturated rings. The third kappa shape index (κ3) is 3.06. The summed E-state index contributed by atoms with van der Waals surface area (Å²) in [5.41, 5.74) is 2.07. The molecule has 25 heavy (non-hydrogen) atoms. The number of benzene rings is 1. The molecule has 0 radical (unpaired) electrons.